The van der Waals surface area contributed by atoms with Crippen LogP contribution in [-0.2, 0) is 16.4 Å². The fourth-order valence-electron chi connectivity index (χ4n) is 3.55. The van der Waals surface area contributed by atoms with Crippen LogP contribution < -0.4 is 9.21 Å². The van der Waals surface area contributed by atoms with Gasteiger partial charge in [-0.25, -0.2) is 8.42 Å². The van der Waals surface area contributed by atoms with E-state index in [1.165, 1.54) is 23.5 Å². The van der Waals surface area contributed by atoms with Gasteiger partial charge < -0.3 is 4.90 Å². The van der Waals surface area contributed by atoms with Crippen molar-refractivity contribution >= 4 is 27.3 Å². The Kier molecular flexibility index (Phi) is 4.88. The van der Waals surface area contributed by atoms with Crippen LogP contribution in [0, 0.1) is 6.92 Å². The summed E-state index contributed by atoms with van der Waals surface area (Å²) in [5.74, 6) is -0.190. The molecule has 0 aromatic heterocycles. The smallest absolute Gasteiger partial charge is 0.264 e. The van der Waals surface area contributed by atoms with E-state index in [-0.39, 0.29) is 10.8 Å². The maximum Gasteiger partial charge on any atom is 0.264 e. The van der Waals surface area contributed by atoms with Crippen molar-refractivity contribution in [2.45, 2.75) is 18.2 Å². The third kappa shape index (κ3) is 3.51. The SMILES string of the molecule is Cc1ccc(N(C)S(=O)(=O)c2cccc(C(=O)N3CCc4ccccc43)c2)cc1. The predicted molar refractivity (Wildman–Crippen MR) is 115 cm³/mol. The van der Waals surface area contributed by atoms with Crippen LogP contribution in [0.25, 0.3) is 0 Å². The minimum absolute atomic E-state index is 0.0962. The van der Waals surface area contributed by atoms with Crippen molar-refractivity contribution in [1.29, 1.82) is 0 Å². The van der Waals surface area contributed by atoms with Crippen molar-refractivity contribution in [2.24, 2.45) is 0 Å². The van der Waals surface area contributed by atoms with Gasteiger partial charge in [-0.2, -0.15) is 0 Å². The third-order valence-electron chi connectivity index (χ3n) is 5.27. The summed E-state index contributed by atoms with van der Waals surface area (Å²) in [6.45, 7) is 2.54. The molecule has 0 bridgehead atoms. The quantitative estimate of drug-likeness (QED) is 0.657. The van der Waals surface area contributed by atoms with E-state index >= 15 is 0 Å². The molecule has 5 nitrogen and oxygen atoms in total. The van der Waals surface area contributed by atoms with Gasteiger partial charge in [-0.05, 0) is 55.3 Å². The summed E-state index contributed by atoms with van der Waals surface area (Å²) in [7, 11) is -2.26. The van der Waals surface area contributed by atoms with E-state index in [9.17, 15) is 13.2 Å². The minimum atomic E-state index is -3.78. The van der Waals surface area contributed by atoms with Crippen LogP contribution in [0.3, 0.4) is 0 Å². The number of amides is 1. The molecule has 0 saturated carbocycles. The zero-order valence-electron chi connectivity index (χ0n) is 16.4. The summed E-state index contributed by atoms with van der Waals surface area (Å²) in [6, 6.07) is 21.3. The highest BCUT2D eigenvalue weighted by Crippen LogP contribution is 2.30. The zero-order valence-corrected chi connectivity index (χ0v) is 17.2. The molecular formula is C23H22N2O3S. The number of hydrogen-bond donors (Lipinski definition) is 0. The molecule has 0 fully saturated rings. The van der Waals surface area contributed by atoms with Gasteiger partial charge in [-0.3, -0.25) is 9.10 Å². The Labute approximate surface area is 171 Å². The number of sulfonamides is 1. The molecule has 3 aromatic rings. The molecule has 0 aliphatic carbocycles. The van der Waals surface area contributed by atoms with Crippen LogP contribution in [0.1, 0.15) is 21.5 Å². The molecule has 1 aliphatic rings. The van der Waals surface area contributed by atoms with Gasteiger partial charge in [0.1, 0.15) is 0 Å². The van der Waals surface area contributed by atoms with Crippen molar-refractivity contribution in [3.05, 3.63) is 89.5 Å². The Morgan fingerprint density at radius 2 is 1.69 bits per heavy atom. The first-order valence-electron chi connectivity index (χ1n) is 9.43. The number of anilines is 2. The molecule has 29 heavy (non-hydrogen) atoms. The molecule has 1 heterocycles. The van der Waals surface area contributed by atoms with E-state index in [0.717, 1.165) is 23.2 Å². The normalized spacial score (nSPS) is 13.2. The number of hydrogen-bond acceptors (Lipinski definition) is 3. The summed E-state index contributed by atoms with van der Waals surface area (Å²) >= 11 is 0. The molecule has 0 saturated heterocycles. The number of fused-ring (bicyclic) bond motifs is 1. The maximum atomic E-state index is 13.1. The van der Waals surface area contributed by atoms with Crippen molar-refractivity contribution in [3.63, 3.8) is 0 Å². The second-order valence-electron chi connectivity index (χ2n) is 7.17. The summed E-state index contributed by atoms with van der Waals surface area (Å²) in [5, 5.41) is 0. The molecule has 3 aromatic carbocycles. The first-order chi connectivity index (χ1) is 13.9. The molecule has 1 aliphatic heterocycles. The summed E-state index contributed by atoms with van der Waals surface area (Å²) in [5.41, 5.74) is 4.00. The standard InChI is InChI=1S/C23H22N2O3S/c1-17-10-12-20(13-11-17)24(2)29(27,28)21-8-5-7-19(16-21)23(26)25-15-14-18-6-3-4-9-22(18)25/h3-13,16H,14-15H2,1-2H3. The summed E-state index contributed by atoms with van der Waals surface area (Å²) < 4.78 is 27.5. The average molecular weight is 407 g/mol. The molecule has 0 spiro atoms. The lowest BCUT2D eigenvalue weighted by molar-refractivity contribution is 0.0989. The number of benzene rings is 3. The fraction of sp³-hybridized carbons (Fsp3) is 0.174. The molecule has 0 radical (unpaired) electrons. The Hall–Kier alpha value is -3.12. The van der Waals surface area contributed by atoms with Gasteiger partial charge in [0.15, 0.2) is 0 Å². The number of carbonyl (C=O) groups excluding carboxylic acids is 1. The Balaban J connectivity index is 1.65. The Bertz CT molecular complexity index is 1170. The first-order valence-corrected chi connectivity index (χ1v) is 10.9. The molecular weight excluding hydrogens is 384 g/mol. The number of para-hydroxylation sites is 1. The van der Waals surface area contributed by atoms with Gasteiger partial charge in [-0.15, -0.1) is 0 Å². The minimum Gasteiger partial charge on any atom is -0.308 e. The van der Waals surface area contributed by atoms with E-state index in [4.69, 9.17) is 0 Å². The van der Waals surface area contributed by atoms with Gasteiger partial charge in [0.25, 0.3) is 15.9 Å². The van der Waals surface area contributed by atoms with Crippen molar-refractivity contribution in [1.82, 2.24) is 0 Å². The molecule has 6 heteroatoms. The second-order valence-corrected chi connectivity index (χ2v) is 9.14. The molecule has 148 valence electrons. The highest BCUT2D eigenvalue weighted by molar-refractivity contribution is 7.92. The van der Waals surface area contributed by atoms with Gasteiger partial charge >= 0.3 is 0 Å². The van der Waals surface area contributed by atoms with Crippen LogP contribution in [-0.4, -0.2) is 27.9 Å². The summed E-state index contributed by atoms with van der Waals surface area (Å²) in [4.78, 5) is 14.9. The molecule has 1 amide bonds. The number of carbonyl (C=O) groups is 1. The molecule has 0 atom stereocenters. The predicted octanol–water partition coefficient (Wildman–Crippen LogP) is 4.02. The Morgan fingerprint density at radius 3 is 2.45 bits per heavy atom. The first kappa shape index (κ1) is 19.2. The van der Waals surface area contributed by atoms with E-state index < -0.39 is 10.0 Å². The van der Waals surface area contributed by atoms with Crippen LogP contribution in [0.15, 0.2) is 77.7 Å². The zero-order chi connectivity index (χ0) is 20.6. The van der Waals surface area contributed by atoms with Crippen LogP contribution >= 0.6 is 0 Å². The van der Waals surface area contributed by atoms with Gasteiger partial charge in [0, 0.05) is 24.8 Å². The topological polar surface area (TPSA) is 57.7 Å². The Morgan fingerprint density at radius 1 is 0.966 bits per heavy atom. The van der Waals surface area contributed by atoms with E-state index in [0.29, 0.717) is 17.8 Å². The molecule has 0 N–H and O–H groups in total. The van der Waals surface area contributed by atoms with E-state index in [1.54, 1.807) is 29.2 Å². The summed E-state index contributed by atoms with van der Waals surface area (Å²) in [6.07, 6.45) is 0.802. The number of rotatable bonds is 4. The number of aryl methyl sites for hydroxylation is 1. The van der Waals surface area contributed by atoms with Gasteiger partial charge in [-0.1, -0.05) is 42.0 Å². The van der Waals surface area contributed by atoms with Gasteiger partial charge in [0.05, 0.1) is 10.6 Å². The van der Waals surface area contributed by atoms with E-state index in [1.807, 2.05) is 43.3 Å². The van der Waals surface area contributed by atoms with Crippen LogP contribution in [0.4, 0.5) is 11.4 Å². The third-order valence-corrected chi connectivity index (χ3v) is 7.05. The molecule has 0 unspecified atom stereocenters. The van der Waals surface area contributed by atoms with Gasteiger partial charge in [0.2, 0.25) is 0 Å². The molecule has 4 rings (SSSR count). The van der Waals surface area contributed by atoms with E-state index in [2.05, 4.69) is 0 Å². The lowest BCUT2D eigenvalue weighted by atomic mass is 10.1. The highest BCUT2D eigenvalue weighted by Gasteiger charge is 2.27. The van der Waals surface area contributed by atoms with Crippen LogP contribution in [0.2, 0.25) is 0 Å². The van der Waals surface area contributed by atoms with Crippen molar-refractivity contribution in [2.75, 3.05) is 22.8 Å². The highest BCUT2D eigenvalue weighted by atomic mass is 32.2. The van der Waals surface area contributed by atoms with Crippen LogP contribution in [0.5, 0.6) is 0 Å². The number of nitrogens with zero attached hydrogens (tertiary/aromatic N) is 2. The van der Waals surface area contributed by atoms with Crippen molar-refractivity contribution < 1.29 is 13.2 Å². The monoisotopic (exact) mass is 406 g/mol. The lowest BCUT2D eigenvalue weighted by Crippen LogP contribution is -2.30. The lowest BCUT2D eigenvalue weighted by Gasteiger charge is -2.21. The maximum absolute atomic E-state index is 13.1. The second kappa shape index (κ2) is 7.37. The fourth-order valence-corrected chi connectivity index (χ4v) is 4.79. The largest absolute Gasteiger partial charge is 0.308 e. The van der Waals surface area contributed by atoms with Crippen molar-refractivity contribution in [3.8, 4) is 0 Å². The average Bonchev–Trinajstić information content (AvgIpc) is 3.17.